The van der Waals surface area contributed by atoms with Gasteiger partial charge in [0.1, 0.15) is 5.75 Å². The number of pyridine rings is 1. The molecule has 1 saturated heterocycles. The van der Waals surface area contributed by atoms with Gasteiger partial charge in [0.2, 0.25) is 10.0 Å². The van der Waals surface area contributed by atoms with Crippen molar-refractivity contribution >= 4 is 27.6 Å². The summed E-state index contributed by atoms with van der Waals surface area (Å²) in [6, 6.07) is 8.10. The number of nitrogens with zero attached hydrogens (tertiary/aromatic N) is 2. The van der Waals surface area contributed by atoms with Crippen LogP contribution in [0.15, 0.2) is 30.3 Å². The molecule has 1 atom stereocenters. The molecule has 1 aromatic heterocycles. The van der Waals surface area contributed by atoms with Crippen molar-refractivity contribution in [3.05, 3.63) is 57.9 Å². The van der Waals surface area contributed by atoms with E-state index in [1.54, 1.807) is 18.2 Å². The number of hydrogen-bond acceptors (Lipinski definition) is 5. The smallest absolute Gasteiger partial charge is 0.337 e. The molecule has 1 aromatic carbocycles. The first-order valence-electron chi connectivity index (χ1n) is 10.3. The third-order valence-electron chi connectivity index (χ3n) is 5.33. The molecule has 0 saturated carbocycles. The molecule has 7 nitrogen and oxygen atoms in total. The molecule has 168 valence electrons. The van der Waals surface area contributed by atoms with Gasteiger partial charge in [-0.15, -0.1) is 0 Å². The molecule has 1 fully saturated rings. The standard InChI is InChI=1S/C22H27ClN2O5S/c1-3-13-31(28,29)25-11-4-5-21(25)20-9-7-17(22(26)27)19(24-20)10-12-30-16-6-8-18(23)15(2)14-16/h6-9,14,21H,3-5,10-13H2,1-2H3,(H,26,27)/t21-/m0/s1. The molecule has 1 aliphatic heterocycles. The van der Waals surface area contributed by atoms with Gasteiger partial charge in [0.05, 0.1) is 35.4 Å². The Morgan fingerprint density at radius 2 is 2.10 bits per heavy atom. The molecule has 0 unspecified atom stereocenters. The van der Waals surface area contributed by atoms with Crippen LogP contribution in [0.3, 0.4) is 0 Å². The number of carbonyl (C=O) groups is 1. The number of aromatic carboxylic acids is 1. The Balaban J connectivity index is 1.80. The highest BCUT2D eigenvalue weighted by Gasteiger charge is 2.35. The van der Waals surface area contributed by atoms with Gasteiger partial charge in [-0.25, -0.2) is 13.2 Å². The average Bonchev–Trinajstić information content (AvgIpc) is 3.21. The van der Waals surface area contributed by atoms with Crippen molar-refractivity contribution in [1.82, 2.24) is 9.29 Å². The predicted molar refractivity (Wildman–Crippen MR) is 119 cm³/mol. The van der Waals surface area contributed by atoms with Gasteiger partial charge in [0.15, 0.2) is 0 Å². The van der Waals surface area contributed by atoms with Crippen LogP contribution in [0.5, 0.6) is 5.75 Å². The van der Waals surface area contributed by atoms with Crippen molar-refractivity contribution in [1.29, 1.82) is 0 Å². The Morgan fingerprint density at radius 1 is 1.32 bits per heavy atom. The number of ether oxygens (including phenoxy) is 1. The van der Waals surface area contributed by atoms with Crippen LogP contribution in [0.1, 0.15) is 59.5 Å². The lowest BCUT2D eigenvalue weighted by molar-refractivity contribution is 0.0694. The fourth-order valence-electron chi connectivity index (χ4n) is 3.81. The normalized spacial score (nSPS) is 17.1. The minimum absolute atomic E-state index is 0.0952. The number of sulfonamides is 1. The third-order valence-corrected chi connectivity index (χ3v) is 7.83. The van der Waals surface area contributed by atoms with E-state index < -0.39 is 16.0 Å². The van der Waals surface area contributed by atoms with Gasteiger partial charge >= 0.3 is 5.97 Å². The summed E-state index contributed by atoms with van der Waals surface area (Å²) in [5.41, 5.74) is 1.95. The summed E-state index contributed by atoms with van der Waals surface area (Å²) in [6.07, 6.45) is 2.25. The number of halogens is 1. The van der Waals surface area contributed by atoms with E-state index in [-0.39, 0.29) is 30.4 Å². The quantitative estimate of drug-likeness (QED) is 0.593. The number of hydrogen-bond donors (Lipinski definition) is 1. The first kappa shape index (κ1) is 23.5. The number of aryl methyl sites for hydroxylation is 1. The summed E-state index contributed by atoms with van der Waals surface area (Å²) in [7, 11) is -3.37. The number of carboxylic acids is 1. The van der Waals surface area contributed by atoms with E-state index in [0.29, 0.717) is 41.5 Å². The maximum atomic E-state index is 12.6. The summed E-state index contributed by atoms with van der Waals surface area (Å²) in [6.45, 7) is 4.41. The number of rotatable bonds is 9. The van der Waals surface area contributed by atoms with Gasteiger partial charge in [0.25, 0.3) is 0 Å². The van der Waals surface area contributed by atoms with E-state index in [9.17, 15) is 18.3 Å². The molecule has 1 aliphatic rings. The van der Waals surface area contributed by atoms with Gasteiger partial charge in [-0.2, -0.15) is 4.31 Å². The Labute approximate surface area is 188 Å². The Kier molecular flexibility index (Phi) is 7.56. The maximum absolute atomic E-state index is 12.6. The van der Waals surface area contributed by atoms with Gasteiger partial charge in [-0.3, -0.25) is 4.98 Å². The minimum atomic E-state index is -3.37. The highest BCUT2D eigenvalue weighted by Crippen LogP contribution is 2.34. The summed E-state index contributed by atoms with van der Waals surface area (Å²) < 4.78 is 32.5. The monoisotopic (exact) mass is 466 g/mol. The van der Waals surface area contributed by atoms with Crippen LogP contribution in [-0.4, -0.2) is 47.7 Å². The SMILES string of the molecule is CCCS(=O)(=O)N1CCC[C@H]1c1ccc(C(=O)O)c(CCOc2ccc(Cl)c(C)c2)n1. The van der Waals surface area contributed by atoms with Crippen LogP contribution < -0.4 is 4.74 Å². The van der Waals surface area contributed by atoms with E-state index in [1.807, 2.05) is 19.9 Å². The van der Waals surface area contributed by atoms with Crippen molar-refractivity contribution < 1.29 is 23.1 Å². The lowest BCUT2D eigenvalue weighted by Gasteiger charge is -2.24. The van der Waals surface area contributed by atoms with E-state index in [2.05, 4.69) is 4.98 Å². The van der Waals surface area contributed by atoms with Crippen molar-refractivity contribution in [2.45, 2.75) is 45.6 Å². The van der Waals surface area contributed by atoms with Crippen LogP contribution in [0.4, 0.5) is 0 Å². The second-order valence-electron chi connectivity index (χ2n) is 7.63. The van der Waals surface area contributed by atoms with Crippen LogP contribution in [0.25, 0.3) is 0 Å². The largest absolute Gasteiger partial charge is 0.493 e. The lowest BCUT2D eigenvalue weighted by Crippen LogP contribution is -2.33. The first-order valence-corrected chi connectivity index (χ1v) is 12.3. The Morgan fingerprint density at radius 3 is 2.77 bits per heavy atom. The molecule has 0 aliphatic carbocycles. The number of carboxylic acid groups (broad SMARTS) is 1. The topological polar surface area (TPSA) is 96.8 Å². The second kappa shape index (κ2) is 9.97. The van der Waals surface area contributed by atoms with E-state index in [1.165, 1.54) is 10.4 Å². The molecule has 1 N–H and O–H groups in total. The molecule has 2 aromatic rings. The number of benzene rings is 1. The van der Waals surface area contributed by atoms with Crippen LogP contribution in [0, 0.1) is 6.92 Å². The molecule has 31 heavy (non-hydrogen) atoms. The fraction of sp³-hybridized carbons (Fsp3) is 0.455. The van der Waals surface area contributed by atoms with Crippen molar-refractivity contribution in [2.75, 3.05) is 18.9 Å². The van der Waals surface area contributed by atoms with E-state index in [4.69, 9.17) is 16.3 Å². The van der Waals surface area contributed by atoms with Crippen LogP contribution in [0.2, 0.25) is 5.02 Å². The fourth-order valence-corrected chi connectivity index (χ4v) is 5.68. The van der Waals surface area contributed by atoms with Crippen LogP contribution >= 0.6 is 11.6 Å². The highest BCUT2D eigenvalue weighted by atomic mass is 35.5. The summed E-state index contributed by atoms with van der Waals surface area (Å²) in [5, 5.41) is 10.2. The number of aromatic nitrogens is 1. The summed E-state index contributed by atoms with van der Waals surface area (Å²) in [4.78, 5) is 16.3. The van der Waals surface area contributed by atoms with Gasteiger partial charge in [0, 0.05) is 18.0 Å². The summed E-state index contributed by atoms with van der Waals surface area (Å²) >= 11 is 6.03. The molecule has 9 heteroatoms. The molecule has 0 radical (unpaired) electrons. The maximum Gasteiger partial charge on any atom is 0.337 e. The highest BCUT2D eigenvalue weighted by molar-refractivity contribution is 7.89. The molecular formula is C22H27ClN2O5S. The zero-order valence-electron chi connectivity index (χ0n) is 17.7. The van der Waals surface area contributed by atoms with Crippen molar-refractivity contribution in [2.24, 2.45) is 0 Å². The van der Waals surface area contributed by atoms with Gasteiger partial charge in [-0.05, 0) is 62.1 Å². The van der Waals surface area contributed by atoms with E-state index in [0.717, 1.165) is 12.0 Å². The van der Waals surface area contributed by atoms with Crippen molar-refractivity contribution in [3.8, 4) is 5.75 Å². The van der Waals surface area contributed by atoms with E-state index >= 15 is 0 Å². The third kappa shape index (κ3) is 5.56. The Bertz CT molecular complexity index is 1060. The molecule has 0 amide bonds. The molecule has 0 bridgehead atoms. The zero-order chi connectivity index (χ0) is 22.6. The zero-order valence-corrected chi connectivity index (χ0v) is 19.2. The molecule has 2 heterocycles. The van der Waals surface area contributed by atoms with Crippen molar-refractivity contribution in [3.63, 3.8) is 0 Å². The predicted octanol–water partition coefficient (Wildman–Crippen LogP) is 4.24. The summed E-state index contributed by atoms with van der Waals surface area (Å²) in [5.74, 6) is -0.335. The second-order valence-corrected chi connectivity index (χ2v) is 10.1. The molecule has 0 spiro atoms. The average molecular weight is 467 g/mol. The lowest BCUT2D eigenvalue weighted by atomic mass is 10.1. The molecule has 3 rings (SSSR count). The molecular weight excluding hydrogens is 440 g/mol. The van der Waals surface area contributed by atoms with Gasteiger partial charge in [-0.1, -0.05) is 18.5 Å². The van der Waals surface area contributed by atoms with Crippen LogP contribution in [-0.2, 0) is 16.4 Å². The minimum Gasteiger partial charge on any atom is -0.493 e. The van der Waals surface area contributed by atoms with Gasteiger partial charge < -0.3 is 9.84 Å². The Hall–Kier alpha value is -2.16. The first-order chi connectivity index (χ1) is 14.7.